The fraction of sp³-hybridized carbons (Fsp3) is 0.350. The summed E-state index contributed by atoms with van der Waals surface area (Å²) in [5.41, 5.74) is 4.06. The summed E-state index contributed by atoms with van der Waals surface area (Å²) in [4.78, 5) is 12.4. The van der Waals surface area contributed by atoms with Crippen LogP contribution in [0, 0.1) is 20.8 Å². The van der Waals surface area contributed by atoms with Gasteiger partial charge in [-0.1, -0.05) is 18.2 Å². The predicted molar refractivity (Wildman–Crippen MR) is 102 cm³/mol. The van der Waals surface area contributed by atoms with Crippen molar-refractivity contribution < 1.29 is 17.9 Å². The van der Waals surface area contributed by atoms with E-state index >= 15 is 0 Å². The summed E-state index contributed by atoms with van der Waals surface area (Å²) in [7, 11) is -3.23. The maximum atomic E-state index is 12.2. The Labute approximate surface area is 155 Å². The summed E-state index contributed by atoms with van der Waals surface area (Å²) >= 11 is 0. The molecular weight excluding hydrogens is 350 g/mol. The van der Waals surface area contributed by atoms with Gasteiger partial charge in [0.1, 0.15) is 5.75 Å². The third-order valence-corrected chi connectivity index (χ3v) is 5.44. The molecule has 2 rings (SSSR count). The van der Waals surface area contributed by atoms with E-state index < -0.39 is 9.84 Å². The number of hydrogen-bond donors (Lipinski definition) is 1. The smallest absolute Gasteiger partial charge is 0.258 e. The van der Waals surface area contributed by atoms with Crippen LogP contribution in [0.4, 0.5) is 0 Å². The number of carbonyl (C=O) groups is 1. The van der Waals surface area contributed by atoms with Crippen LogP contribution in [-0.4, -0.2) is 27.2 Å². The molecule has 0 spiro atoms. The molecule has 0 bridgehead atoms. The van der Waals surface area contributed by atoms with Gasteiger partial charge in [-0.3, -0.25) is 4.79 Å². The average Bonchev–Trinajstić information content (AvgIpc) is 2.56. The molecule has 26 heavy (non-hydrogen) atoms. The summed E-state index contributed by atoms with van der Waals surface area (Å²) in [6, 6.07) is 10.2. The van der Waals surface area contributed by atoms with E-state index in [9.17, 15) is 13.2 Å². The fourth-order valence-corrected chi connectivity index (χ4v) is 3.29. The topological polar surface area (TPSA) is 72.5 Å². The van der Waals surface area contributed by atoms with Gasteiger partial charge in [0.2, 0.25) is 0 Å². The molecule has 1 unspecified atom stereocenters. The zero-order chi connectivity index (χ0) is 19.5. The first-order valence-corrected chi connectivity index (χ1v) is 10.3. The van der Waals surface area contributed by atoms with Crippen molar-refractivity contribution in [1.29, 1.82) is 0 Å². The molecule has 0 aromatic heterocycles. The number of carbonyl (C=O) groups excluding carboxylic acids is 1. The molecule has 5 nitrogen and oxygen atoms in total. The third-order valence-electron chi connectivity index (χ3n) is 4.31. The van der Waals surface area contributed by atoms with E-state index in [1.54, 1.807) is 24.3 Å². The molecule has 2 aromatic carbocycles. The number of ether oxygens (including phenoxy) is 1. The quantitative estimate of drug-likeness (QED) is 0.841. The van der Waals surface area contributed by atoms with Crippen LogP contribution < -0.4 is 10.1 Å². The average molecular weight is 375 g/mol. The maximum absolute atomic E-state index is 12.2. The molecule has 140 valence electrons. The molecule has 1 atom stereocenters. The van der Waals surface area contributed by atoms with E-state index in [1.165, 1.54) is 6.26 Å². The Morgan fingerprint density at radius 1 is 1.12 bits per heavy atom. The van der Waals surface area contributed by atoms with Crippen LogP contribution in [0.3, 0.4) is 0 Å². The number of sulfone groups is 1. The number of amides is 1. The molecule has 0 aliphatic heterocycles. The Morgan fingerprint density at radius 2 is 1.73 bits per heavy atom. The van der Waals surface area contributed by atoms with Crippen LogP contribution in [0.25, 0.3) is 0 Å². The van der Waals surface area contributed by atoms with Gasteiger partial charge in [0, 0.05) is 6.26 Å². The number of benzene rings is 2. The number of rotatable bonds is 6. The molecule has 1 N–H and O–H groups in total. The zero-order valence-electron chi connectivity index (χ0n) is 15.8. The molecule has 0 radical (unpaired) electrons. The minimum atomic E-state index is -3.23. The van der Waals surface area contributed by atoms with Gasteiger partial charge in [-0.15, -0.1) is 0 Å². The second kappa shape index (κ2) is 7.91. The van der Waals surface area contributed by atoms with Crippen molar-refractivity contribution in [3.05, 3.63) is 58.7 Å². The maximum Gasteiger partial charge on any atom is 0.258 e. The Balaban J connectivity index is 1.97. The molecule has 0 heterocycles. The lowest BCUT2D eigenvalue weighted by atomic mass is 10.1. The predicted octanol–water partition coefficient (Wildman–Crippen LogP) is 3.27. The molecule has 0 aliphatic carbocycles. The Hall–Kier alpha value is -2.34. The molecule has 0 aliphatic rings. The highest BCUT2D eigenvalue weighted by Crippen LogP contribution is 2.23. The number of nitrogens with one attached hydrogen (secondary N) is 1. The highest BCUT2D eigenvalue weighted by molar-refractivity contribution is 7.90. The van der Waals surface area contributed by atoms with Crippen molar-refractivity contribution in [3.63, 3.8) is 0 Å². The molecule has 2 aromatic rings. The Bertz CT molecular complexity index is 902. The highest BCUT2D eigenvalue weighted by Gasteiger charge is 2.13. The number of hydrogen-bond acceptors (Lipinski definition) is 4. The lowest BCUT2D eigenvalue weighted by Gasteiger charge is -2.16. The van der Waals surface area contributed by atoms with E-state index in [1.807, 2.05) is 33.8 Å². The van der Waals surface area contributed by atoms with Crippen LogP contribution in [0.2, 0.25) is 0 Å². The first kappa shape index (κ1) is 20.0. The van der Waals surface area contributed by atoms with Crippen LogP contribution >= 0.6 is 0 Å². The van der Waals surface area contributed by atoms with Crippen molar-refractivity contribution in [1.82, 2.24) is 5.32 Å². The monoisotopic (exact) mass is 375 g/mol. The summed E-state index contributed by atoms with van der Waals surface area (Å²) in [6.07, 6.45) is 1.17. The summed E-state index contributed by atoms with van der Waals surface area (Å²) < 4.78 is 28.7. The summed E-state index contributed by atoms with van der Waals surface area (Å²) in [6.45, 7) is 7.73. The second-order valence-corrected chi connectivity index (χ2v) is 8.64. The van der Waals surface area contributed by atoms with Gasteiger partial charge in [0.25, 0.3) is 5.91 Å². The van der Waals surface area contributed by atoms with E-state index in [4.69, 9.17) is 4.74 Å². The molecular formula is C20H25NO4S. The van der Waals surface area contributed by atoms with Crippen LogP contribution in [0.5, 0.6) is 5.75 Å². The van der Waals surface area contributed by atoms with Crippen molar-refractivity contribution >= 4 is 15.7 Å². The molecule has 6 heteroatoms. The fourth-order valence-electron chi connectivity index (χ4n) is 2.66. The van der Waals surface area contributed by atoms with Crippen LogP contribution in [0.1, 0.15) is 35.2 Å². The van der Waals surface area contributed by atoms with E-state index in [0.29, 0.717) is 5.75 Å². The van der Waals surface area contributed by atoms with Crippen molar-refractivity contribution in [3.8, 4) is 5.75 Å². The first-order chi connectivity index (χ1) is 12.1. The molecule has 1 amide bonds. The molecule has 0 saturated carbocycles. The zero-order valence-corrected chi connectivity index (χ0v) is 16.6. The van der Waals surface area contributed by atoms with Gasteiger partial charge in [0.15, 0.2) is 16.4 Å². The van der Waals surface area contributed by atoms with Gasteiger partial charge in [-0.2, -0.15) is 0 Å². The summed E-state index contributed by atoms with van der Waals surface area (Å²) in [5.74, 6) is 0.478. The lowest BCUT2D eigenvalue weighted by Crippen LogP contribution is -2.31. The minimum absolute atomic E-state index is 0.0739. The van der Waals surface area contributed by atoms with E-state index in [0.717, 1.165) is 22.3 Å². The normalized spacial score (nSPS) is 12.5. The van der Waals surface area contributed by atoms with Crippen LogP contribution in [0.15, 0.2) is 41.3 Å². The van der Waals surface area contributed by atoms with Crippen molar-refractivity contribution in [2.24, 2.45) is 0 Å². The SMILES string of the molecule is Cc1cc(C)c(C)c(OCC(=O)NC(C)c2ccc(S(C)(=O)=O)cc2)c1. The third kappa shape index (κ3) is 5.08. The Kier molecular flexibility index (Phi) is 6.08. The van der Waals surface area contributed by atoms with Crippen molar-refractivity contribution in [2.75, 3.05) is 12.9 Å². The van der Waals surface area contributed by atoms with Gasteiger partial charge >= 0.3 is 0 Å². The van der Waals surface area contributed by atoms with Crippen molar-refractivity contribution in [2.45, 2.75) is 38.6 Å². The lowest BCUT2D eigenvalue weighted by molar-refractivity contribution is -0.123. The van der Waals surface area contributed by atoms with Crippen LogP contribution in [-0.2, 0) is 14.6 Å². The second-order valence-electron chi connectivity index (χ2n) is 6.62. The minimum Gasteiger partial charge on any atom is -0.483 e. The van der Waals surface area contributed by atoms with Gasteiger partial charge in [-0.25, -0.2) is 8.42 Å². The summed E-state index contributed by atoms with van der Waals surface area (Å²) in [5, 5.41) is 2.86. The molecule has 0 fully saturated rings. The first-order valence-electron chi connectivity index (χ1n) is 8.38. The van der Waals surface area contributed by atoms with E-state index in [2.05, 4.69) is 11.4 Å². The van der Waals surface area contributed by atoms with Gasteiger partial charge < -0.3 is 10.1 Å². The molecule has 0 saturated heterocycles. The highest BCUT2D eigenvalue weighted by atomic mass is 32.2. The number of aryl methyl sites for hydroxylation is 2. The largest absolute Gasteiger partial charge is 0.483 e. The van der Waals surface area contributed by atoms with E-state index in [-0.39, 0.29) is 23.5 Å². The Morgan fingerprint density at radius 3 is 2.31 bits per heavy atom. The van der Waals surface area contributed by atoms with Gasteiger partial charge in [-0.05, 0) is 68.1 Å². The standard InChI is InChI=1S/C20H25NO4S/c1-13-10-14(2)15(3)19(11-13)25-12-20(22)21-16(4)17-6-8-18(9-7-17)26(5,23)24/h6-11,16H,12H2,1-5H3,(H,21,22). The van der Waals surface area contributed by atoms with Gasteiger partial charge in [0.05, 0.1) is 10.9 Å².